The Morgan fingerprint density at radius 3 is 2.62 bits per heavy atom. The van der Waals surface area contributed by atoms with Crippen LogP contribution in [0.25, 0.3) is 0 Å². The Hall–Kier alpha value is -1.35. The van der Waals surface area contributed by atoms with E-state index in [1.54, 1.807) is 0 Å². The molecule has 2 N–H and O–H groups in total. The minimum Gasteiger partial charge on any atom is -0.390 e. The second-order valence-corrected chi connectivity index (χ2v) is 7.12. The maximum atomic E-state index is 12.7. The van der Waals surface area contributed by atoms with E-state index in [9.17, 15) is 9.90 Å². The van der Waals surface area contributed by atoms with E-state index in [-0.39, 0.29) is 17.4 Å². The summed E-state index contributed by atoms with van der Waals surface area (Å²) in [6.45, 7) is 4.09. The van der Waals surface area contributed by atoms with Crippen LogP contribution in [0.1, 0.15) is 56.7 Å². The van der Waals surface area contributed by atoms with E-state index in [1.165, 1.54) is 12.8 Å². The topological polar surface area (TPSA) is 49.3 Å². The van der Waals surface area contributed by atoms with Crippen LogP contribution in [-0.4, -0.2) is 17.1 Å². The smallest absolute Gasteiger partial charge is 0.226 e. The number of amides is 1. The van der Waals surface area contributed by atoms with Crippen molar-refractivity contribution in [3.8, 4) is 0 Å². The first kappa shape index (κ1) is 14.6. The fourth-order valence-corrected chi connectivity index (χ4v) is 3.91. The summed E-state index contributed by atoms with van der Waals surface area (Å²) >= 11 is 0. The summed E-state index contributed by atoms with van der Waals surface area (Å²) in [7, 11) is 0. The van der Waals surface area contributed by atoms with Crippen LogP contribution in [0.5, 0.6) is 0 Å². The molecule has 114 valence electrons. The molecule has 1 aromatic carbocycles. The zero-order valence-corrected chi connectivity index (χ0v) is 12.9. The monoisotopic (exact) mass is 287 g/mol. The van der Waals surface area contributed by atoms with Gasteiger partial charge in [-0.2, -0.15) is 0 Å². The molecule has 1 saturated carbocycles. The molecule has 2 atom stereocenters. The maximum absolute atomic E-state index is 12.7. The molecule has 21 heavy (non-hydrogen) atoms. The highest BCUT2D eigenvalue weighted by molar-refractivity contribution is 5.82. The fraction of sp³-hybridized carbons (Fsp3) is 0.611. The fourth-order valence-electron chi connectivity index (χ4n) is 3.91. The van der Waals surface area contributed by atoms with Crippen LogP contribution < -0.4 is 5.32 Å². The van der Waals surface area contributed by atoms with Crippen molar-refractivity contribution < 1.29 is 9.90 Å². The third-order valence-corrected chi connectivity index (χ3v) is 5.45. The average Bonchev–Trinajstić information content (AvgIpc) is 3.08. The highest BCUT2D eigenvalue weighted by Crippen LogP contribution is 2.41. The van der Waals surface area contributed by atoms with Gasteiger partial charge in [0.1, 0.15) is 0 Å². The van der Waals surface area contributed by atoms with Crippen molar-refractivity contribution in [3.05, 3.63) is 35.4 Å². The number of carbonyl (C=O) groups excluding carboxylic acids is 1. The van der Waals surface area contributed by atoms with E-state index < -0.39 is 6.10 Å². The zero-order chi connectivity index (χ0) is 15.0. The lowest BCUT2D eigenvalue weighted by Crippen LogP contribution is -2.44. The molecule has 3 rings (SSSR count). The second-order valence-electron chi connectivity index (χ2n) is 7.12. The van der Waals surface area contributed by atoms with Gasteiger partial charge in [0.05, 0.1) is 12.1 Å². The Bertz CT molecular complexity index is 532. The number of fused-ring (bicyclic) bond motifs is 1. The molecule has 0 bridgehead atoms. The second kappa shape index (κ2) is 5.45. The van der Waals surface area contributed by atoms with Gasteiger partial charge in [0.15, 0.2) is 0 Å². The number of rotatable bonds is 3. The Morgan fingerprint density at radius 2 is 1.90 bits per heavy atom. The molecule has 0 aliphatic heterocycles. The van der Waals surface area contributed by atoms with Gasteiger partial charge in [-0.3, -0.25) is 4.79 Å². The van der Waals surface area contributed by atoms with E-state index in [1.807, 2.05) is 38.1 Å². The predicted octanol–water partition coefficient (Wildman–Crippen LogP) is 2.98. The predicted molar refractivity (Wildman–Crippen MR) is 82.8 cm³/mol. The summed E-state index contributed by atoms with van der Waals surface area (Å²) in [5.74, 6) is 0.543. The first-order chi connectivity index (χ1) is 10.00. The van der Waals surface area contributed by atoms with E-state index in [0.717, 1.165) is 24.0 Å². The molecular formula is C18H25NO2. The molecule has 2 aliphatic carbocycles. The standard InChI is InChI=1S/C18H25NO2/c1-18(2,13-8-4-5-9-13)17(21)19-16-14-10-6-3-7-12(14)11-15(16)20/h3,6-7,10,13,15-16,20H,4-5,8-9,11H2,1-2H3,(H,19,21)/t15-,16+/m1/s1. The van der Waals surface area contributed by atoms with Gasteiger partial charge in [0.25, 0.3) is 0 Å². The quantitative estimate of drug-likeness (QED) is 0.898. The molecule has 1 fully saturated rings. The molecule has 1 amide bonds. The highest BCUT2D eigenvalue weighted by atomic mass is 16.3. The van der Waals surface area contributed by atoms with Crippen LogP contribution in [0.3, 0.4) is 0 Å². The first-order valence-electron chi connectivity index (χ1n) is 8.07. The zero-order valence-electron chi connectivity index (χ0n) is 12.9. The molecule has 2 aliphatic rings. The van der Waals surface area contributed by atoms with Crippen molar-refractivity contribution in [2.24, 2.45) is 11.3 Å². The number of nitrogens with one attached hydrogen (secondary N) is 1. The lowest BCUT2D eigenvalue weighted by atomic mass is 9.76. The van der Waals surface area contributed by atoms with Gasteiger partial charge in [-0.25, -0.2) is 0 Å². The molecule has 0 heterocycles. The van der Waals surface area contributed by atoms with E-state index in [0.29, 0.717) is 12.3 Å². The van der Waals surface area contributed by atoms with Crippen molar-refractivity contribution in [3.63, 3.8) is 0 Å². The minimum absolute atomic E-state index is 0.0788. The molecule has 3 nitrogen and oxygen atoms in total. The van der Waals surface area contributed by atoms with Gasteiger partial charge >= 0.3 is 0 Å². The van der Waals surface area contributed by atoms with Crippen LogP contribution in [0.15, 0.2) is 24.3 Å². The molecule has 0 unspecified atom stereocenters. The summed E-state index contributed by atoms with van der Waals surface area (Å²) in [6.07, 6.45) is 4.87. The molecular weight excluding hydrogens is 262 g/mol. The normalized spacial score (nSPS) is 25.9. The molecule has 0 aromatic heterocycles. The summed E-state index contributed by atoms with van der Waals surface area (Å²) in [5.41, 5.74) is 1.86. The summed E-state index contributed by atoms with van der Waals surface area (Å²) in [5, 5.41) is 13.4. The Kier molecular flexibility index (Phi) is 3.78. The molecule has 0 radical (unpaired) electrons. The number of aliphatic hydroxyl groups is 1. The number of carbonyl (C=O) groups is 1. The van der Waals surface area contributed by atoms with Crippen molar-refractivity contribution in [2.45, 2.75) is 58.1 Å². The van der Waals surface area contributed by atoms with Gasteiger partial charge in [-0.05, 0) is 29.9 Å². The largest absolute Gasteiger partial charge is 0.390 e. The van der Waals surface area contributed by atoms with Gasteiger partial charge in [-0.15, -0.1) is 0 Å². The minimum atomic E-state index is -0.509. The third-order valence-electron chi connectivity index (χ3n) is 5.45. The molecule has 0 spiro atoms. The number of hydrogen-bond donors (Lipinski definition) is 2. The van der Waals surface area contributed by atoms with Crippen molar-refractivity contribution in [1.29, 1.82) is 0 Å². The van der Waals surface area contributed by atoms with E-state index in [4.69, 9.17) is 0 Å². The summed E-state index contributed by atoms with van der Waals surface area (Å²) in [4.78, 5) is 12.7. The molecule has 1 aromatic rings. The molecule has 3 heteroatoms. The van der Waals surface area contributed by atoms with Crippen LogP contribution in [0.2, 0.25) is 0 Å². The van der Waals surface area contributed by atoms with Crippen molar-refractivity contribution >= 4 is 5.91 Å². The lowest BCUT2D eigenvalue weighted by Gasteiger charge is -2.32. The van der Waals surface area contributed by atoms with Gasteiger partial charge < -0.3 is 10.4 Å². The number of benzene rings is 1. The lowest BCUT2D eigenvalue weighted by molar-refractivity contribution is -0.133. The van der Waals surface area contributed by atoms with E-state index >= 15 is 0 Å². The Morgan fingerprint density at radius 1 is 1.24 bits per heavy atom. The van der Waals surface area contributed by atoms with Crippen LogP contribution in [0.4, 0.5) is 0 Å². The Labute approximate surface area is 126 Å². The highest BCUT2D eigenvalue weighted by Gasteiger charge is 2.41. The maximum Gasteiger partial charge on any atom is 0.226 e. The van der Waals surface area contributed by atoms with Crippen LogP contribution in [-0.2, 0) is 11.2 Å². The van der Waals surface area contributed by atoms with Crippen molar-refractivity contribution in [1.82, 2.24) is 5.32 Å². The third kappa shape index (κ3) is 2.59. The van der Waals surface area contributed by atoms with Crippen LogP contribution >= 0.6 is 0 Å². The van der Waals surface area contributed by atoms with Gasteiger partial charge in [0, 0.05) is 11.8 Å². The SMILES string of the molecule is CC(C)(C(=O)N[C@H]1c2ccccc2C[C@H]1O)C1CCCC1. The number of hydrogen-bond acceptors (Lipinski definition) is 2. The van der Waals surface area contributed by atoms with Crippen molar-refractivity contribution in [2.75, 3.05) is 0 Å². The average molecular weight is 287 g/mol. The van der Waals surface area contributed by atoms with Gasteiger partial charge in [-0.1, -0.05) is 51.0 Å². The first-order valence-corrected chi connectivity index (χ1v) is 8.07. The molecule has 0 saturated heterocycles. The number of aliphatic hydroxyl groups excluding tert-OH is 1. The Balaban J connectivity index is 1.75. The van der Waals surface area contributed by atoms with Crippen LogP contribution in [0, 0.1) is 11.3 Å². The van der Waals surface area contributed by atoms with E-state index in [2.05, 4.69) is 5.32 Å². The summed E-state index contributed by atoms with van der Waals surface area (Å²) < 4.78 is 0. The summed E-state index contributed by atoms with van der Waals surface area (Å²) in [6, 6.07) is 7.75. The van der Waals surface area contributed by atoms with Gasteiger partial charge in [0.2, 0.25) is 5.91 Å².